The number of rotatable bonds is 2. The summed E-state index contributed by atoms with van der Waals surface area (Å²) in [5.74, 6) is 0.609. The number of hydrogen-bond donors (Lipinski definition) is 2. The second-order valence-electron chi connectivity index (χ2n) is 4.66. The van der Waals surface area contributed by atoms with E-state index in [1.807, 2.05) is 27.7 Å². The van der Waals surface area contributed by atoms with Crippen LogP contribution in [-0.4, -0.2) is 26.8 Å². The Morgan fingerprint density at radius 2 is 1.76 bits per heavy atom. The Hall–Kier alpha value is -0.900. The average molecular weight is 296 g/mol. The van der Waals surface area contributed by atoms with Crippen molar-refractivity contribution in [2.24, 2.45) is 17.4 Å². The lowest BCUT2D eigenvalue weighted by molar-refractivity contribution is 0.167. The maximum absolute atomic E-state index is 5.22. The fraction of sp³-hybridized carbons (Fsp3) is 0.667. The molecule has 0 aromatic heterocycles. The first-order valence-corrected chi connectivity index (χ1v) is 8.12. The lowest BCUT2D eigenvalue weighted by Gasteiger charge is -2.15. The molecule has 4 N–H and O–H groups in total. The highest BCUT2D eigenvalue weighted by Crippen LogP contribution is 2.40. The maximum atomic E-state index is 5.22. The average Bonchev–Trinajstić information content (AvgIpc) is 2.81. The number of nitrogens with two attached hydrogens (primary N) is 2. The molecule has 0 spiro atoms. The SMILES string of the molecule is C=C1CC(COC)C2=C1C=CCC2.CC.CCN.CCN. The van der Waals surface area contributed by atoms with Gasteiger partial charge in [0.1, 0.15) is 0 Å². The first kappa shape index (κ1) is 22.4. The molecule has 1 atom stereocenters. The topological polar surface area (TPSA) is 61.3 Å². The fourth-order valence-corrected chi connectivity index (χ4v) is 2.34. The molecule has 0 aromatic carbocycles. The molecule has 2 aliphatic carbocycles. The van der Waals surface area contributed by atoms with Gasteiger partial charge in [0, 0.05) is 13.0 Å². The van der Waals surface area contributed by atoms with Gasteiger partial charge in [-0.2, -0.15) is 0 Å². The normalized spacial score (nSPS) is 18.6. The largest absolute Gasteiger partial charge is 0.384 e. The minimum absolute atomic E-state index is 0.609. The smallest absolute Gasteiger partial charge is 0.0531 e. The van der Waals surface area contributed by atoms with Gasteiger partial charge < -0.3 is 16.2 Å². The molecule has 2 rings (SSSR count). The maximum Gasteiger partial charge on any atom is 0.0531 e. The van der Waals surface area contributed by atoms with E-state index in [0.29, 0.717) is 5.92 Å². The lowest BCUT2D eigenvalue weighted by Crippen LogP contribution is -2.08. The molecule has 0 radical (unpaired) electrons. The second kappa shape index (κ2) is 15.5. The van der Waals surface area contributed by atoms with E-state index in [-0.39, 0.29) is 0 Å². The Morgan fingerprint density at radius 1 is 1.24 bits per heavy atom. The number of allylic oxidation sites excluding steroid dienone is 4. The number of ether oxygens (including phenoxy) is 1. The van der Waals surface area contributed by atoms with Crippen LogP contribution < -0.4 is 11.5 Å². The van der Waals surface area contributed by atoms with Gasteiger partial charge in [-0.25, -0.2) is 0 Å². The van der Waals surface area contributed by atoms with E-state index in [1.165, 1.54) is 24.0 Å². The molecule has 0 fully saturated rings. The van der Waals surface area contributed by atoms with E-state index in [4.69, 9.17) is 16.2 Å². The van der Waals surface area contributed by atoms with Gasteiger partial charge in [-0.05, 0) is 43.5 Å². The van der Waals surface area contributed by atoms with Crippen molar-refractivity contribution in [1.82, 2.24) is 0 Å². The van der Waals surface area contributed by atoms with E-state index in [9.17, 15) is 0 Å². The first-order chi connectivity index (χ1) is 10.2. The van der Waals surface area contributed by atoms with Crippen molar-refractivity contribution in [3.05, 3.63) is 35.5 Å². The Morgan fingerprint density at radius 3 is 2.24 bits per heavy atom. The molecule has 0 heterocycles. The van der Waals surface area contributed by atoms with Gasteiger partial charge in [0.15, 0.2) is 0 Å². The standard InChI is InChI=1S/C12H16O.2C2H7N.C2H6/c1-9-7-10(8-13-2)12-6-4-3-5-11(9)12;2*1-2-3;1-2/h3,5,10H,1,4,6-8H2,2H3;2*2-3H2,1H3;1-2H3. The van der Waals surface area contributed by atoms with Crippen LogP contribution in [0.3, 0.4) is 0 Å². The minimum atomic E-state index is 0.609. The van der Waals surface area contributed by atoms with Gasteiger partial charge in [-0.1, -0.05) is 52.0 Å². The molecule has 0 saturated carbocycles. The summed E-state index contributed by atoms with van der Waals surface area (Å²) >= 11 is 0. The van der Waals surface area contributed by atoms with Crippen LogP contribution in [0.1, 0.15) is 47.0 Å². The molecule has 3 nitrogen and oxygen atoms in total. The summed E-state index contributed by atoms with van der Waals surface area (Å²) in [5.41, 5.74) is 14.0. The van der Waals surface area contributed by atoms with E-state index >= 15 is 0 Å². The summed E-state index contributed by atoms with van der Waals surface area (Å²) < 4.78 is 5.22. The van der Waals surface area contributed by atoms with Crippen LogP contribution in [0.4, 0.5) is 0 Å². The molecule has 0 aliphatic heterocycles. The molecule has 0 saturated heterocycles. The second-order valence-corrected chi connectivity index (χ2v) is 4.66. The molecular formula is C18H36N2O. The third kappa shape index (κ3) is 8.86. The van der Waals surface area contributed by atoms with Crippen LogP contribution in [0.15, 0.2) is 35.5 Å². The van der Waals surface area contributed by atoms with Gasteiger partial charge in [-0.3, -0.25) is 0 Å². The van der Waals surface area contributed by atoms with E-state index < -0.39 is 0 Å². The van der Waals surface area contributed by atoms with Crippen LogP contribution >= 0.6 is 0 Å². The highest BCUT2D eigenvalue weighted by Gasteiger charge is 2.27. The van der Waals surface area contributed by atoms with Crippen molar-refractivity contribution in [3.63, 3.8) is 0 Å². The summed E-state index contributed by atoms with van der Waals surface area (Å²) in [5, 5.41) is 0. The molecule has 3 heteroatoms. The third-order valence-electron chi connectivity index (χ3n) is 2.95. The summed E-state index contributed by atoms with van der Waals surface area (Å²) in [6.07, 6.45) is 7.98. The zero-order valence-corrected chi connectivity index (χ0v) is 14.7. The molecule has 1 unspecified atom stereocenters. The van der Waals surface area contributed by atoms with Crippen LogP contribution in [0.2, 0.25) is 0 Å². The van der Waals surface area contributed by atoms with E-state index in [0.717, 1.165) is 26.1 Å². The monoisotopic (exact) mass is 296 g/mol. The summed E-state index contributed by atoms with van der Waals surface area (Å²) in [4.78, 5) is 0. The molecule has 2 aliphatic rings. The van der Waals surface area contributed by atoms with Crippen molar-refractivity contribution in [2.45, 2.75) is 47.0 Å². The van der Waals surface area contributed by atoms with Crippen molar-refractivity contribution >= 4 is 0 Å². The quantitative estimate of drug-likeness (QED) is 0.814. The van der Waals surface area contributed by atoms with Crippen molar-refractivity contribution < 1.29 is 4.74 Å². The van der Waals surface area contributed by atoms with Crippen LogP contribution in [0.5, 0.6) is 0 Å². The Bertz CT molecular complexity index is 317. The van der Waals surface area contributed by atoms with Crippen LogP contribution in [0.25, 0.3) is 0 Å². The van der Waals surface area contributed by atoms with Gasteiger partial charge in [0.25, 0.3) is 0 Å². The lowest BCUT2D eigenvalue weighted by atomic mass is 9.94. The summed E-state index contributed by atoms with van der Waals surface area (Å²) in [6.45, 7) is 14.3. The van der Waals surface area contributed by atoms with Gasteiger partial charge in [0.05, 0.1) is 6.61 Å². The highest BCUT2D eigenvalue weighted by atomic mass is 16.5. The molecule has 0 aromatic rings. The fourth-order valence-electron chi connectivity index (χ4n) is 2.34. The Labute approximate surface area is 132 Å². The number of hydrogen-bond acceptors (Lipinski definition) is 3. The van der Waals surface area contributed by atoms with Crippen LogP contribution in [0, 0.1) is 5.92 Å². The van der Waals surface area contributed by atoms with Gasteiger partial charge in [0.2, 0.25) is 0 Å². The predicted octanol–water partition coefficient (Wildman–Crippen LogP) is 3.81. The molecule has 21 heavy (non-hydrogen) atoms. The highest BCUT2D eigenvalue weighted by molar-refractivity contribution is 5.50. The van der Waals surface area contributed by atoms with Crippen LogP contribution in [-0.2, 0) is 4.74 Å². The van der Waals surface area contributed by atoms with Crippen molar-refractivity contribution in [3.8, 4) is 0 Å². The molecular weight excluding hydrogens is 260 g/mol. The third-order valence-corrected chi connectivity index (χ3v) is 2.95. The zero-order valence-electron chi connectivity index (χ0n) is 14.7. The van der Waals surface area contributed by atoms with E-state index in [2.05, 4.69) is 18.7 Å². The summed E-state index contributed by atoms with van der Waals surface area (Å²) in [6, 6.07) is 0. The Kier molecular flexibility index (Phi) is 16.5. The zero-order chi connectivity index (χ0) is 16.7. The molecule has 0 amide bonds. The number of methoxy groups -OCH3 is 1. The van der Waals surface area contributed by atoms with Gasteiger partial charge in [-0.15, -0.1) is 0 Å². The van der Waals surface area contributed by atoms with Crippen molar-refractivity contribution in [2.75, 3.05) is 26.8 Å². The summed E-state index contributed by atoms with van der Waals surface area (Å²) in [7, 11) is 1.78. The molecule has 124 valence electrons. The first-order valence-electron chi connectivity index (χ1n) is 8.12. The predicted molar refractivity (Wildman–Crippen MR) is 95.3 cm³/mol. The van der Waals surface area contributed by atoms with Crippen molar-refractivity contribution in [1.29, 1.82) is 0 Å². The van der Waals surface area contributed by atoms with E-state index in [1.54, 1.807) is 12.7 Å². The van der Waals surface area contributed by atoms with Gasteiger partial charge >= 0.3 is 0 Å². The molecule has 0 bridgehead atoms. The minimum Gasteiger partial charge on any atom is -0.384 e. The Balaban J connectivity index is 0.